The van der Waals surface area contributed by atoms with Crippen LogP contribution in [0.25, 0.3) is 11.0 Å². The summed E-state index contributed by atoms with van der Waals surface area (Å²) in [7, 11) is 0. The predicted molar refractivity (Wildman–Crippen MR) is 89.3 cm³/mol. The van der Waals surface area contributed by atoms with Crippen molar-refractivity contribution in [3.05, 3.63) is 42.5 Å². The van der Waals surface area contributed by atoms with Gasteiger partial charge in [0.15, 0.2) is 0 Å². The lowest BCUT2D eigenvalue weighted by Crippen LogP contribution is -2.35. The van der Waals surface area contributed by atoms with Crippen molar-refractivity contribution >= 4 is 28.5 Å². The lowest BCUT2D eigenvalue weighted by molar-refractivity contribution is -0.124. The Morgan fingerprint density at radius 1 is 1.25 bits per heavy atom. The van der Waals surface area contributed by atoms with E-state index in [-0.39, 0.29) is 24.9 Å². The summed E-state index contributed by atoms with van der Waals surface area (Å²) >= 11 is 0. The summed E-state index contributed by atoms with van der Waals surface area (Å²) in [5, 5.41) is 11.6. The highest BCUT2D eigenvalue weighted by Crippen LogP contribution is 2.16. The lowest BCUT2D eigenvalue weighted by atomic mass is 10.3. The molecular weight excluding hydrogens is 308 g/mol. The molecule has 1 aromatic carbocycles. The number of aromatic amines is 1. The molecular formula is C16H18N6O2. The molecule has 0 bridgehead atoms. The molecule has 0 aliphatic heterocycles. The summed E-state index contributed by atoms with van der Waals surface area (Å²) in [5.41, 5.74) is 2.33. The first-order valence-electron chi connectivity index (χ1n) is 7.67. The number of nitrogens with one attached hydrogen (secondary N) is 3. The van der Waals surface area contributed by atoms with Gasteiger partial charge in [0.1, 0.15) is 12.4 Å². The molecule has 2 aromatic heterocycles. The molecule has 8 heteroatoms. The largest absolute Gasteiger partial charge is 0.345 e. The topological polar surface area (TPSA) is 105 Å². The molecule has 0 aliphatic rings. The minimum absolute atomic E-state index is 0.0991. The van der Waals surface area contributed by atoms with E-state index in [1.54, 1.807) is 6.20 Å². The number of H-pyrrole nitrogens is 1. The minimum atomic E-state index is -0.309. The summed E-state index contributed by atoms with van der Waals surface area (Å²) in [6, 6.07) is 7.68. The quantitative estimate of drug-likeness (QED) is 0.630. The number of imidazole rings is 1. The summed E-state index contributed by atoms with van der Waals surface area (Å²) in [6.45, 7) is 2.02. The van der Waals surface area contributed by atoms with Crippen molar-refractivity contribution in [1.29, 1.82) is 0 Å². The van der Waals surface area contributed by atoms with E-state index in [4.69, 9.17) is 0 Å². The molecule has 0 fully saturated rings. The van der Waals surface area contributed by atoms with Gasteiger partial charge in [0.2, 0.25) is 11.8 Å². The number of aryl methyl sites for hydroxylation is 1. The maximum atomic E-state index is 12.2. The zero-order chi connectivity index (χ0) is 16.9. The number of carbonyl (C=O) groups is 2. The van der Waals surface area contributed by atoms with Crippen LogP contribution in [-0.2, 0) is 22.6 Å². The molecule has 124 valence electrons. The second-order valence-electron chi connectivity index (χ2n) is 5.27. The highest BCUT2D eigenvalue weighted by molar-refractivity contribution is 5.94. The van der Waals surface area contributed by atoms with Crippen LogP contribution in [0.5, 0.6) is 0 Å². The zero-order valence-corrected chi connectivity index (χ0v) is 13.2. The smallest absolute Gasteiger partial charge is 0.243 e. The summed E-state index contributed by atoms with van der Waals surface area (Å²) in [4.78, 5) is 28.5. The van der Waals surface area contributed by atoms with Crippen LogP contribution in [0.15, 0.2) is 36.7 Å². The monoisotopic (exact) mass is 326 g/mol. The van der Waals surface area contributed by atoms with E-state index in [9.17, 15) is 9.59 Å². The average Bonchev–Trinajstić information content (AvgIpc) is 3.21. The Hall–Kier alpha value is -3.16. The van der Waals surface area contributed by atoms with E-state index >= 15 is 0 Å². The van der Waals surface area contributed by atoms with Crippen molar-refractivity contribution in [3.63, 3.8) is 0 Å². The Kier molecular flexibility index (Phi) is 4.55. The summed E-state index contributed by atoms with van der Waals surface area (Å²) in [6.07, 6.45) is 3.78. The van der Waals surface area contributed by atoms with Crippen molar-refractivity contribution in [2.75, 3.05) is 11.9 Å². The van der Waals surface area contributed by atoms with Crippen LogP contribution in [0.1, 0.15) is 12.7 Å². The SMILES string of the molecule is CCc1nc2ccccc2n1CC(=O)NCC(=O)Nc1cn[nH]c1. The van der Waals surface area contributed by atoms with Gasteiger partial charge < -0.3 is 15.2 Å². The summed E-state index contributed by atoms with van der Waals surface area (Å²) < 4.78 is 1.87. The van der Waals surface area contributed by atoms with Gasteiger partial charge in [0.25, 0.3) is 0 Å². The van der Waals surface area contributed by atoms with E-state index in [2.05, 4.69) is 25.8 Å². The Morgan fingerprint density at radius 2 is 2.08 bits per heavy atom. The maximum absolute atomic E-state index is 12.2. The van der Waals surface area contributed by atoms with Gasteiger partial charge >= 0.3 is 0 Å². The van der Waals surface area contributed by atoms with Crippen LogP contribution < -0.4 is 10.6 Å². The van der Waals surface area contributed by atoms with Crippen molar-refractivity contribution < 1.29 is 9.59 Å². The number of aromatic nitrogens is 4. The van der Waals surface area contributed by atoms with E-state index in [1.165, 1.54) is 6.20 Å². The first-order valence-corrected chi connectivity index (χ1v) is 7.67. The Bertz CT molecular complexity index is 853. The van der Waals surface area contributed by atoms with Gasteiger partial charge in [-0.3, -0.25) is 14.7 Å². The summed E-state index contributed by atoms with van der Waals surface area (Å²) in [5.74, 6) is 0.292. The molecule has 8 nitrogen and oxygen atoms in total. The Morgan fingerprint density at radius 3 is 2.83 bits per heavy atom. The second-order valence-corrected chi connectivity index (χ2v) is 5.27. The number of rotatable bonds is 6. The van der Waals surface area contributed by atoms with E-state index in [0.717, 1.165) is 23.3 Å². The molecule has 0 spiro atoms. The van der Waals surface area contributed by atoms with Gasteiger partial charge in [0, 0.05) is 12.6 Å². The number of fused-ring (bicyclic) bond motifs is 1. The van der Waals surface area contributed by atoms with Crippen LogP contribution in [0, 0.1) is 0 Å². The van der Waals surface area contributed by atoms with Crippen molar-refractivity contribution in [3.8, 4) is 0 Å². The molecule has 2 heterocycles. The number of anilines is 1. The highest BCUT2D eigenvalue weighted by atomic mass is 16.2. The van der Waals surface area contributed by atoms with Crippen LogP contribution >= 0.6 is 0 Å². The third kappa shape index (κ3) is 3.43. The predicted octanol–water partition coefficient (Wildman–Crippen LogP) is 1.08. The number of benzene rings is 1. The third-order valence-corrected chi connectivity index (χ3v) is 3.58. The van der Waals surface area contributed by atoms with Crippen molar-refractivity contribution in [2.24, 2.45) is 0 Å². The molecule has 0 unspecified atom stereocenters. The van der Waals surface area contributed by atoms with Crippen LogP contribution in [0.4, 0.5) is 5.69 Å². The Labute approximate surface area is 138 Å². The molecule has 3 aromatic rings. The molecule has 0 aliphatic carbocycles. The number of hydrogen-bond donors (Lipinski definition) is 3. The third-order valence-electron chi connectivity index (χ3n) is 3.58. The van der Waals surface area contributed by atoms with E-state index in [1.807, 2.05) is 35.8 Å². The maximum Gasteiger partial charge on any atom is 0.243 e. The first-order chi connectivity index (χ1) is 11.7. The molecule has 0 saturated heterocycles. The average molecular weight is 326 g/mol. The van der Waals surface area contributed by atoms with Gasteiger partial charge in [-0.15, -0.1) is 0 Å². The number of hydrogen-bond acceptors (Lipinski definition) is 4. The molecule has 0 radical (unpaired) electrons. The fraction of sp³-hybridized carbons (Fsp3) is 0.250. The number of nitrogens with zero attached hydrogens (tertiary/aromatic N) is 3. The van der Waals surface area contributed by atoms with Crippen LogP contribution in [0.3, 0.4) is 0 Å². The highest BCUT2D eigenvalue weighted by Gasteiger charge is 2.13. The van der Waals surface area contributed by atoms with Crippen molar-refractivity contribution in [1.82, 2.24) is 25.1 Å². The van der Waals surface area contributed by atoms with Gasteiger partial charge in [-0.25, -0.2) is 4.98 Å². The number of para-hydroxylation sites is 2. The van der Waals surface area contributed by atoms with Gasteiger partial charge in [-0.1, -0.05) is 19.1 Å². The standard InChI is InChI=1S/C16H18N6O2/c1-2-14-21-12-5-3-4-6-13(12)22(14)10-16(24)17-9-15(23)20-11-7-18-19-8-11/h3-8H,2,9-10H2,1H3,(H,17,24)(H,18,19)(H,20,23). The fourth-order valence-electron chi connectivity index (χ4n) is 2.47. The lowest BCUT2D eigenvalue weighted by Gasteiger charge is -2.09. The van der Waals surface area contributed by atoms with E-state index in [0.29, 0.717) is 5.69 Å². The van der Waals surface area contributed by atoms with Gasteiger partial charge in [-0.2, -0.15) is 5.10 Å². The minimum Gasteiger partial charge on any atom is -0.345 e. The molecule has 0 atom stereocenters. The first kappa shape index (κ1) is 15.7. The van der Waals surface area contributed by atoms with Crippen LogP contribution in [-0.4, -0.2) is 38.1 Å². The van der Waals surface area contributed by atoms with Crippen LogP contribution in [0.2, 0.25) is 0 Å². The van der Waals surface area contributed by atoms with Crippen molar-refractivity contribution in [2.45, 2.75) is 19.9 Å². The number of amides is 2. The van der Waals surface area contributed by atoms with E-state index < -0.39 is 0 Å². The zero-order valence-electron chi connectivity index (χ0n) is 13.2. The molecule has 2 amide bonds. The normalized spacial score (nSPS) is 10.7. The molecule has 0 saturated carbocycles. The second kappa shape index (κ2) is 6.95. The Balaban J connectivity index is 1.62. The van der Waals surface area contributed by atoms with Gasteiger partial charge in [0.05, 0.1) is 29.5 Å². The number of carbonyl (C=O) groups excluding carboxylic acids is 2. The molecule has 24 heavy (non-hydrogen) atoms. The molecule has 3 N–H and O–H groups in total. The molecule has 3 rings (SSSR count). The fourth-order valence-corrected chi connectivity index (χ4v) is 2.47. The van der Waals surface area contributed by atoms with Gasteiger partial charge in [-0.05, 0) is 12.1 Å².